The normalized spacial score (nSPS) is 30.3. The Labute approximate surface area is 318 Å². The van der Waals surface area contributed by atoms with E-state index in [1.165, 1.54) is 4.90 Å². The second-order valence-corrected chi connectivity index (χ2v) is 15.2. The lowest BCUT2D eigenvalue weighted by atomic mass is 9.74. The number of benzene rings is 3. The molecule has 4 heterocycles. The third kappa shape index (κ3) is 6.86. The number of carbonyl (C=O) groups is 4. The number of hydrogen-bond donors (Lipinski definition) is 1. The first-order valence-electron chi connectivity index (χ1n) is 18.2. The molecule has 3 aromatic carbocycles. The molecule has 8 atom stereocenters. The van der Waals surface area contributed by atoms with Crippen LogP contribution in [0.5, 0.6) is 0 Å². The van der Waals surface area contributed by atoms with E-state index in [1.54, 1.807) is 22.9 Å². The maximum Gasteiger partial charge on any atom is 0.313 e. The number of likely N-dealkylation sites (N-methyl/N-ethyl adjacent to an activating group) is 1. The lowest BCUT2D eigenvalue weighted by molar-refractivity contribution is -0.164. The maximum absolute atomic E-state index is 15.2. The van der Waals surface area contributed by atoms with Crippen LogP contribution >= 0.6 is 15.9 Å². The highest BCUT2D eigenvalue weighted by molar-refractivity contribution is 9.11. The van der Waals surface area contributed by atoms with Crippen molar-refractivity contribution in [3.05, 3.63) is 130 Å². The van der Waals surface area contributed by atoms with Crippen molar-refractivity contribution in [3.63, 3.8) is 0 Å². The van der Waals surface area contributed by atoms with Crippen LogP contribution in [0.3, 0.4) is 0 Å². The second kappa shape index (κ2) is 15.4. The molecule has 0 unspecified atom stereocenters. The summed E-state index contributed by atoms with van der Waals surface area (Å²) in [5.74, 6) is -3.81. The van der Waals surface area contributed by atoms with Gasteiger partial charge in [0, 0.05) is 31.0 Å². The number of carbonyl (C=O) groups excluding carboxylic acids is 4. The van der Waals surface area contributed by atoms with E-state index in [-0.39, 0.29) is 37.7 Å². The zero-order valence-corrected chi connectivity index (χ0v) is 31.4. The first-order chi connectivity index (χ1) is 25.6. The largest absolute Gasteiger partial charge is 0.455 e. The first-order valence-corrected chi connectivity index (χ1v) is 19.0. The number of amides is 3. The predicted molar refractivity (Wildman–Crippen MR) is 201 cm³/mol. The Hall–Kier alpha value is -4.58. The number of hydrogen-bond acceptors (Lipinski definition) is 7. The van der Waals surface area contributed by atoms with Gasteiger partial charge < -0.3 is 29.3 Å². The van der Waals surface area contributed by atoms with E-state index in [9.17, 15) is 14.7 Å². The van der Waals surface area contributed by atoms with E-state index >= 15 is 9.59 Å². The van der Waals surface area contributed by atoms with Gasteiger partial charge in [-0.1, -0.05) is 119 Å². The Balaban J connectivity index is 1.36. The predicted octanol–water partition coefficient (Wildman–Crippen LogP) is 4.97. The quantitative estimate of drug-likeness (QED) is 0.266. The van der Waals surface area contributed by atoms with Gasteiger partial charge in [-0.3, -0.25) is 19.2 Å². The summed E-state index contributed by atoms with van der Waals surface area (Å²) in [6, 6.07) is 25.8. The summed E-state index contributed by atoms with van der Waals surface area (Å²) in [7, 11) is 1.70. The summed E-state index contributed by atoms with van der Waals surface area (Å²) in [5, 5.41) is 10.9. The monoisotopic (exact) mass is 781 g/mol. The van der Waals surface area contributed by atoms with Crippen molar-refractivity contribution in [2.45, 2.75) is 68.7 Å². The molecule has 4 aliphatic heterocycles. The highest BCUT2D eigenvalue weighted by Crippen LogP contribution is 2.59. The third-order valence-electron chi connectivity index (χ3n) is 11.1. The number of nitrogens with zero attached hydrogens (tertiary/aromatic N) is 3. The second-order valence-electron chi connectivity index (χ2n) is 14.3. The van der Waals surface area contributed by atoms with Crippen LogP contribution in [-0.2, 0) is 41.6 Å². The number of esters is 1. The zero-order chi connectivity index (χ0) is 37.3. The molecule has 1 N–H and O–H groups in total. The lowest BCUT2D eigenvalue weighted by Gasteiger charge is -2.39. The van der Waals surface area contributed by atoms with Crippen LogP contribution in [0.1, 0.15) is 42.6 Å². The number of fused-ring (bicyclic) bond motifs is 2. The molecule has 11 heteroatoms. The van der Waals surface area contributed by atoms with Crippen molar-refractivity contribution in [1.82, 2.24) is 14.7 Å². The van der Waals surface area contributed by atoms with E-state index in [0.717, 1.165) is 11.1 Å². The molecule has 0 saturated carbocycles. The fourth-order valence-corrected chi connectivity index (χ4v) is 9.11. The number of aliphatic hydroxyl groups excluding tert-OH is 1. The molecule has 1 spiro atoms. The Morgan fingerprint density at radius 1 is 0.868 bits per heavy atom. The zero-order valence-electron chi connectivity index (χ0n) is 29.8. The summed E-state index contributed by atoms with van der Waals surface area (Å²) < 4.78 is 13.7. The topological polar surface area (TPSA) is 117 Å². The van der Waals surface area contributed by atoms with Gasteiger partial charge in [-0.25, -0.2) is 0 Å². The molecule has 53 heavy (non-hydrogen) atoms. The van der Waals surface area contributed by atoms with Crippen LogP contribution in [-0.4, -0.2) is 93.5 Å². The Morgan fingerprint density at radius 2 is 1.51 bits per heavy atom. The molecule has 7 rings (SSSR count). The van der Waals surface area contributed by atoms with Crippen molar-refractivity contribution in [3.8, 4) is 0 Å². The highest BCUT2D eigenvalue weighted by atomic mass is 79.9. The minimum atomic E-state index is -1.52. The van der Waals surface area contributed by atoms with Crippen LogP contribution in [0.4, 0.5) is 0 Å². The van der Waals surface area contributed by atoms with E-state index in [4.69, 9.17) is 9.47 Å². The molecular formula is C42H44BrN3O7. The molecule has 2 saturated heterocycles. The van der Waals surface area contributed by atoms with E-state index in [0.29, 0.717) is 16.5 Å². The van der Waals surface area contributed by atoms with Gasteiger partial charge in [-0.15, -0.1) is 0 Å². The number of rotatable bonds is 7. The van der Waals surface area contributed by atoms with Crippen molar-refractivity contribution >= 4 is 39.6 Å². The van der Waals surface area contributed by atoms with Crippen LogP contribution in [0.2, 0.25) is 0 Å². The Morgan fingerprint density at radius 3 is 2.17 bits per heavy atom. The Bertz CT molecular complexity index is 1890. The molecule has 3 aromatic rings. The average Bonchev–Trinajstić information content (AvgIpc) is 3.78. The van der Waals surface area contributed by atoms with Crippen molar-refractivity contribution in [2.24, 2.45) is 11.8 Å². The number of allylic oxidation sites excluding steroid dienone is 1. The number of ether oxygens (including phenoxy) is 2. The summed E-state index contributed by atoms with van der Waals surface area (Å²) in [5.41, 5.74) is 0.959. The summed E-state index contributed by atoms with van der Waals surface area (Å²) >= 11 is 3.64. The summed E-state index contributed by atoms with van der Waals surface area (Å²) in [6.07, 6.45) is 4.76. The Kier molecular flexibility index (Phi) is 10.7. The minimum Gasteiger partial charge on any atom is -0.455 e. The van der Waals surface area contributed by atoms with Crippen molar-refractivity contribution in [1.29, 1.82) is 0 Å². The number of likely N-dealkylation sites (tertiary alicyclic amines) is 1. The van der Waals surface area contributed by atoms with Crippen LogP contribution < -0.4 is 0 Å². The molecule has 3 amide bonds. The molecule has 0 aliphatic carbocycles. The molecule has 4 aliphatic rings. The number of halogens is 1. The van der Waals surface area contributed by atoms with E-state index in [1.807, 2.05) is 110 Å². The maximum atomic E-state index is 15.2. The molecule has 276 valence electrons. The lowest BCUT2D eigenvalue weighted by Crippen LogP contribution is -2.58. The van der Waals surface area contributed by atoms with Crippen LogP contribution in [0.15, 0.2) is 114 Å². The van der Waals surface area contributed by atoms with Gasteiger partial charge in [-0.05, 0) is 42.5 Å². The molecule has 2 fully saturated rings. The summed E-state index contributed by atoms with van der Waals surface area (Å²) in [6.45, 7) is 1.87. The van der Waals surface area contributed by atoms with Crippen LogP contribution in [0.25, 0.3) is 0 Å². The van der Waals surface area contributed by atoms with Crippen LogP contribution in [0, 0.1) is 11.8 Å². The smallest absolute Gasteiger partial charge is 0.313 e. The minimum absolute atomic E-state index is 0.119. The van der Waals surface area contributed by atoms with Crippen molar-refractivity contribution < 1.29 is 33.8 Å². The molecule has 5 bridgehead atoms. The number of aliphatic hydroxyl groups is 1. The van der Waals surface area contributed by atoms with Gasteiger partial charge in [0.05, 0.1) is 24.6 Å². The molecule has 0 aromatic heterocycles. The fraction of sp³-hybridized carbons (Fsp3) is 0.381. The average molecular weight is 783 g/mol. The van der Waals surface area contributed by atoms with Gasteiger partial charge in [0.25, 0.3) is 0 Å². The van der Waals surface area contributed by atoms with Gasteiger partial charge in [0.2, 0.25) is 17.7 Å². The van der Waals surface area contributed by atoms with Gasteiger partial charge in [0.1, 0.15) is 29.8 Å². The van der Waals surface area contributed by atoms with Crippen molar-refractivity contribution in [2.75, 3.05) is 20.2 Å². The fourth-order valence-electron chi connectivity index (χ4n) is 8.37. The SMILES string of the molecule is C[C@H]1[C@H](c2ccccc2)OC(=O)[C@H]2[C@@H]3O[C@@]4(C=C3Br)[C@@H]2C(=O)N([C@@H](CO)Cc2ccccc2)[C@@H]4C(=O)N(Cc2ccccc2)C/C=C\CCC(=O)N1C. The van der Waals surface area contributed by atoms with Gasteiger partial charge in [0.15, 0.2) is 0 Å². The standard InChI is InChI=1S/C42H44BrN3O7/c1-27-36(30-19-11-5-12-20-30)52-41(51)34-35-39(49)46(31(26-47)23-28-15-7-3-8-16-28)38(42(35)24-32(43)37(34)53-42)40(50)45(25-29-17-9-4-10-18-29)22-14-6-13-21-33(48)44(27)2/h3-12,14-20,24,27,31,34-38,47H,13,21-23,25-26H2,1-2H3/b14-6-/t27-,31+,34+,35-,36+,37+,38+,42-/m0/s1. The molecular weight excluding hydrogens is 738 g/mol. The number of cyclic esters (lactones) is 1. The molecule has 0 radical (unpaired) electrons. The first kappa shape index (κ1) is 36.8. The third-order valence-corrected chi connectivity index (χ3v) is 11.8. The van der Waals surface area contributed by atoms with E-state index in [2.05, 4.69) is 15.9 Å². The van der Waals surface area contributed by atoms with E-state index < -0.39 is 66.3 Å². The summed E-state index contributed by atoms with van der Waals surface area (Å²) in [4.78, 5) is 63.1. The highest BCUT2D eigenvalue weighted by Gasteiger charge is 2.75. The van der Waals surface area contributed by atoms with Gasteiger partial charge >= 0.3 is 5.97 Å². The molecule has 10 nitrogen and oxygen atoms in total. The van der Waals surface area contributed by atoms with Gasteiger partial charge in [-0.2, -0.15) is 0 Å².